The molecule has 39 heavy (non-hydrogen) atoms. The predicted octanol–water partition coefficient (Wildman–Crippen LogP) is 5.07. The Kier molecular flexibility index (Phi) is 7.25. The second-order valence-corrected chi connectivity index (χ2v) is 9.38. The molecule has 2 aromatic carbocycles. The summed E-state index contributed by atoms with van der Waals surface area (Å²) in [6, 6.07) is 16.4. The van der Waals surface area contributed by atoms with Crippen LogP contribution in [-0.4, -0.2) is 38.3 Å². The first-order valence-electron chi connectivity index (χ1n) is 12.1. The normalized spacial score (nSPS) is 11.8. The van der Waals surface area contributed by atoms with Gasteiger partial charge < -0.3 is 15.0 Å². The number of amides is 1. The third-order valence-electron chi connectivity index (χ3n) is 6.37. The van der Waals surface area contributed by atoms with Gasteiger partial charge >= 0.3 is 0 Å². The number of Topliss-reactive ketones (excluding diaryl/α,β-unsaturated/α-hetero) is 1. The second kappa shape index (κ2) is 10.9. The van der Waals surface area contributed by atoms with Gasteiger partial charge in [0.1, 0.15) is 11.8 Å². The number of halogens is 1. The molecule has 0 spiro atoms. The van der Waals surface area contributed by atoms with Gasteiger partial charge in [0.25, 0.3) is 5.56 Å². The van der Waals surface area contributed by atoms with Gasteiger partial charge in [-0.1, -0.05) is 41.9 Å². The number of imidazole rings is 1. The number of rotatable bonds is 8. The van der Waals surface area contributed by atoms with Gasteiger partial charge in [-0.15, -0.1) is 0 Å². The highest BCUT2D eigenvalue weighted by Gasteiger charge is 2.25. The third-order valence-corrected chi connectivity index (χ3v) is 6.60. The minimum atomic E-state index is -0.924. The van der Waals surface area contributed by atoms with Crippen molar-refractivity contribution >= 4 is 40.1 Å². The SMILES string of the molecule is COc1cn(C(Cc2ccccc2)C(=O)Nc2cnc3nc[nH]c3c2)c(=O)cc1-c1cc(Cl)ccc1C(C)=O. The smallest absolute Gasteiger partial charge is 0.252 e. The summed E-state index contributed by atoms with van der Waals surface area (Å²) in [4.78, 5) is 50.8. The molecule has 0 saturated carbocycles. The summed E-state index contributed by atoms with van der Waals surface area (Å²) in [5.41, 5.74) is 3.33. The lowest BCUT2D eigenvalue weighted by atomic mass is 9.97. The van der Waals surface area contributed by atoms with Crippen LogP contribution >= 0.6 is 11.6 Å². The van der Waals surface area contributed by atoms with Crippen LogP contribution in [-0.2, 0) is 11.2 Å². The van der Waals surface area contributed by atoms with Crippen LogP contribution in [0, 0.1) is 0 Å². The monoisotopic (exact) mass is 541 g/mol. The quantitative estimate of drug-likeness (QED) is 0.265. The average molecular weight is 542 g/mol. The molecule has 2 N–H and O–H groups in total. The molecule has 1 atom stereocenters. The summed E-state index contributed by atoms with van der Waals surface area (Å²) in [7, 11) is 1.46. The Hall–Kier alpha value is -4.76. The highest BCUT2D eigenvalue weighted by molar-refractivity contribution is 6.31. The Bertz CT molecular complexity index is 1750. The predicted molar refractivity (Wildman–Crippen MR) is 149 cm³/mol. The Labute approximate surface area is 228 Å². The molecule has 0 aliphatic carbocycles. The molecule has 10 heteroatoms. The fourth-order valence-corrected chi connectivity index (χ4v) is 4.64. The summed E-state index contributed by atoms with van der Waals surface area (Å²) in [6.45, 7) is 1.44. The second-order valence-electron chi connectivity index (χ2n) is 8.94. The van der Waals surface area contributed by atoms with Crippen molar-refractivity contribution in [1.29, 1.82) is 0 Å². The van der Waals surface area contributed by atoms with Gasteiger partial charge in [0.2, 0.25) is 5.91 Å². The van der Waals surface area contributed by atoms with Crippen molar-refractivity contribution < 1.29 is 14.3 Å². The van der Waals surface area contributed by atoms with E-state index in [9.17, 15) is 14.4 Å². The highest BCUT2D eigenvalue weighted by atomic mass is 35.5. The topological polar surface area (TPSA) is 119 Å². The van der Waals surface area contributed by atoms with Gasteiger partial charge in [0, 0.05) is 28.6 Å². The van der Waals surface area contributed by atoms with Crippen LogP contribution in [0.25, 0.3) is 22.3 Å². The van der Waals surface area contributed by atoms with E-state index in [0.29, 0.717) is 44.3 Å². The summed E-state index contributed by atoms with van der Waals surface area (Å²) < 4.78 is 6.98. The van der Waals surface area contributed by atoms with Gasteiger partial charge in [0.05, 0.1) is 37.0 Å². The Morgan fingerprint density at radius 3 is 2.62 bits per heavy atom. The number of carbonyl (C=O) groups is 2. The number of methoxy groups -OCH3 is 1. The van der Waals surface area contributed by atoms with Crippen molar-refractivity contribution in [2.24, 2.45) is 0 Å². The minimum Gasteiger partial charge on any atom is -0.495 e. The van der Waals surface area contributed by atoms with Crippen LogP contribution in [0.15, 0.2) is 84.2 Å². The van der Waals surface area contributed by atoms with Gasteiger partial charge in [-0.2, -0.15) is 0 Å². The maximum atomic E-state index is 13.7. The number of pyridine rings is 2. The molecule has 0 aliphatic rings. The molecule has 0 radical (unpaired) electrons. The number of H-pyrrole nitrogens is 1. The number of nitrogens with zero attached hydrogens (tertiary/aromatic N) is 3. The Morgan fingerprint density at radius 2 is 1.87 bits per heavy atom. The first-order valence-corrected chi connectivity index (χ1v) is 12.5. The van der Waals surface area contributed by atoms with E-state index in [1.54, 1.807) is 24.3 Å². The number of anilines is 1. The molecular weight excluding hydrogens is 518 g/mol. The maximum Gasteiger partial charge on any atom is 0.252 e. The van der Waals surface area contributed by atoms with Crippen molar-refractivity contribution in [1.82, 2.24) is 19.5 Å². The van der Waals surface area contributed by atoms with Gasteiger partial charge in [-0.05, 0) is 42.3 Å². The zero-order chi connectivity index (χ0) is 27.5. The molecule has 196 valence electrons. The van der Waals surface area contributed by atoms with Crippen LogP contribution in [0.2, 0.25) is 5.02 Å². The fraction of sp³-hybridized carbons (Fsp3) is 0.138. The van der Waals surface area contributed by atoms with Crippen LogP contribution in [0.5, 0.6) is 5.75 Å². The number of ketones is 1. The molecule has 1 unspecified atom stereocenters. The summed E-state index contributed by atoms with van der Waals surface area (Å²) in [6.07, 6.45) is 4.76. The van der Waals surface area contributed by atoms with Crippen molar-refractivity contribution in [2.45, 2.75) is 19.4 Å². The van der Waals surface area contributed by atoms with E-state index >= 15 is 0 Å². The maximum absolute atomic E-state index is 13.7. The number of benzene rings is 2. The highest BCUT2D eigenvalue weighted by Crippen LogP contribution is 2.34. The first kappa shape index (κ1) is 25.9. The van der Waals surface area contributed by atoms with Crippen molar-refractivity contribution in [3.05, 3.63) is 106 Å². The van der Waals surface area contributed by atoms with Crippen molar-refractivity contribution in [2.75, 3.05) is 12.4 Å². The molecule has 5 aromatic rings. The fourth-order valence-electron chi connectivity index (χ4n) is 4.47. The van der Waals surface area contributed by atoms with Crippen molar-refractivity contribution in [3.63, 3.8) is 0 Å². The lowest BCUT2D eigenvalue weighted by molar-refractivity contribution is -0.119. The molecule has 0 bridgehead atoms. The lowest BCUT2D eigenvalue weighted by Crippen LogP contribution is -2.34. The number of nitrogens with one attached hydrogen (secondary N) is 2. The number of aromatic nitrogens is 4. The molecule has 0 aliphatic heterocycles. The molecule has 3 aromatic heterocycles. The van der Waals surface area contributed by atoms with E-state index in [4.69, 9.17) is 16.3 Å². The number of hydrogen-bond donors (Lipinski definition) is 2. The standard InChI is InChI=1S/C29H24ClN5O4/c1-17(36)21-9-8-19(30)11-22(21)23-13-27(37)35(15-26(23)39-2)25(10-18-6-4-3-5-7-18)29(38)34-20-12-24-28(31-14-20)33-16-32-24/h3-9,11-16,25H,10H2,1-2H3,(H,34,38)(H,31,32,33). The van der Waals surface area contributed by atoms with E-state index in [2.05, 4.69) is 20.3 Å². The summed E-state index contributed by atoms with van der Waals surface area (Å²) in [5.74, 6) is -0.286. The van der Waals surface area contributed by atoms with Crippen molar-refractivity contribution in [3.8, 4) is 16.9 Å². The third kappa shape index (κ3) is 5.44. The molecular formula is C29H24ClN5O4. The molecule has 9 nitrogen and oxygen atoms in total. The van der Waals surface area contributed by atoms with E-state index in [-0.39, 0.29) is 12.2 Å². The number of aromatic amines is 1. The Balaban J connectivity index is 1.59. The van der Waals surface area contributed by atoms with E-state index in [0.717, 1.165) is 5.56 Å². The minimum absolute atomic E-state index is 0.183. The molecule has 0 fully saturated rings. The molecule has 5 rings (SSSR count). The summed E-state index contributed by atoms with van der Waals surface area (Å²) in [5, 5.41) is 3.28. The van der Waals surface area contributed by atoms with E-state index < -0.39 is 17.5 Å². The Morgan fingerprint density at radius 1 is 1.08 bits per heavy atom. The molecule has 0 saturated heterocycles. The van der Waals surface area contributed by atoms with Gasteiger partial charge in [0.15, 0.2) is 11.4 Å². The zero-order valence-electron chi connectivity index (χ0n) is 21.1. The lowest BCUT2D eigenvalue weighted by Gasteiger charge is -2.22. The average Bonchev–Trinajstić information content (AvgIpc) is 3.40. The van der Waals surface area contributed by atoms with Crippen LogP contribution < -0.4 is 15.6 Å². The number of fused-ring (bicyclic) bond motifs is 1. The van der Waals surface area contributed by atoms with Gasteiger partial charge in [-0.25, -0.2) is 9.97 Å². The number of carbonyl (C=O) groups excluding carboxylic acids is 2. The molecule has 1 amide bonds. The van der Waals surface area contributed by atoms with Gasteiger partial charge in [-0.3, -0.25) is 19.0 Å². The zero-order valence-corrected chi connectivity index (χ0v) is 21.9. The summed E-state index contributed by atoms with van der Waals surface area (Å²) >= 11 is 6.23. The number of hydrogen-bond acceptors (Lipinski definition) is 6. The van der Waals surface area contributed by atoms with E-state index in [1.165, 1.54) is 43.4 Å². The number of ether oxygens (including phenoxy) is 1. The van der Waals surface area contributed by atoms with Crippen LogP contribution in [0.4, 0.5) is 5.69 Å². The first-order chi connectivity index (χ1) is 18.8. The molecule has 3 heterocycles. The largest absolute Gasteiger partial charge is 0.495 e. The van der Waals surface area contributed by atoms with E-state index in [1.807, 2.05) is 30.3 Å². The van der Waals surface area contributed by atoms with Crippen LogP contribution in [0.1, 0.15) is 28.9 Å². The van der Waals surface area contributed by atoms with Crippen LogP contribution in [0.3, 0.4) is 0 Å².